The van der Waals surface area contributed by atoms with Crippen molar-refractivity contribution < 1.29 is 0 Å². The van der Waals surface area contributed by atoms with Crippen molar-refractivity contribution in [3.8, 4) is 0 Å². The monoisotopic (exact) mass is 205 g/mol. The molecule has 0 aliphatic rings. The van der Waals surface area contributed by atoms with Gasteiger partial charge in [-0.2, -0.15) is 0 Å². The van der Waals surface area contributed by atoms with Crippen LogP contribution < -0.4 is 11.4 Å². The first-order valence-corrected chi connectivity index (χ1v) is 5.01. The van der Waals surface area contributed by atoms with Crippen LogP contribution in [0.2, 0.25) is 0 Å². The summed E-state index contributed by atoms with van der Waals surface area (Å²) in [6, 6.07) is 7.72. The zero-order valence-corrected chi connectivity index (χ0v) is 8.97. The normalized spacial score (nSPS) is 13.3. The quantitative estimate of drug-likeness (QED) is 0.784. The molecule has 0 aliphatic heterocycles. The van der Waals surface area contributed by atoms with E-state index in [0.717, 1.165) is 11.0 Å². The predicted octanol–water partition coefficient (Wildman–Crippen LogP) is 0.687. The molecule has 0 fully saturated rings. The van der Waals surface area contributed by atoms with Gasteiger partial charge in [0.05, 0.1) is 11.0 Å². The summed E-state index contributed by atoms with van der Waals surface area (Å²) in [6.07, 6.45) is 0. The lowest BCUT2D eigenvalue weighted by molar-refractivity contribution is 0.577. The maximum Gasteiger partial charge on any atom is 0.328 e. The number of hydrogen-bond acceptors (Lipinski definition) is 2. The summed E-state index contributed by atoms with van der Waals surface area (Å²) < 4.78 is 3.37. The number of aromatic nitrogens is 2. The molecule has 1 atom stereocenters. The van der Waals surface area contributed by atoms with Gasteiger partial charge in [0.25, 0.3) is 0 Å². The molecule has 0 aliphatic carbocycles. The summed E-state index contributed by atoms with van der Waals surface area (Å²) in [6.45, 7) is 2.45. The fourth-order valence-electron chi connectivity index (χ4n) is 1.83. The molecule has 2 N–H and O–H groups in total. The Kier molecular flexibility index (Phi) is 2.36. The lowest BCUT2D eigenvalue weighted by Gasteiger charge is -2.05. The van der Waals surface area contributed by atoms with Crippen molar-refractivity contribution in [1.29, 1.82) is 0 Å². The molecule has 0 bridgehead atoms. The Labute approximate surface area is 87.9 Å². The van der Waals surface area contributed by atoms with Crippen molar-refractivity contribution in [1.82, 2.24) is 9.13 Å². The van der Waals surface area contributed by atoms with Gasteiger partial charge in [0.1, 0.15) is 0 Å². The van der Waals surface area contributed by atoms with Gasteiger partial charge in [0.15, 0.2) is 0 Å². The van der Waals surface area contributed by atoms with Crippen molar-refractivity contribution >= 4 is 11.0 Å². The zero-order valence-electron chi connectivity index (χ0n) is 8.97. The highest BCUT2D eigenvalue weighted by Crippen LogP contribution is 2.11. The minimum absolute atomic E-state index is 0.00602. The van der Waals surface area contributed by atoms with Crippen LogP contribution in [0.25, 0.3) is 11.0 Å². The van der Waals surface area contributed by atoms with Gasteiger partial charge in [-0.25, -0.2) is 4.79 Å². The highest BCUT2D eigenvalue weighted by Gasteiger charge is 2.10. The third-order valence-corrected chi connectivity index (χ3v) is 2.52. The molecule has 0 spiro atoms. The highest BCUT2D eigenvalue weighted by atomic mass is 16.1. The highest BCUT2D eigenvalue weighted by molar-refractivity contribution is 5.75. The van der Waals surface area contributed by atoms with E-state index in [1.54, 1.807) is 16.2 Å². The van der Waals surface area contributed by atoms with Crippen LogP contribution in [0.5, 0.6) is 0 Å². The van der Waals surface area contributed by atoms with E-state index in [0.29, 0.717) is 6.54 Å². The largest absolute Gasteiger partial charge is 0.328 e. The number of benzene rings is 1. The molecule has 4 heteroatoms. The molecule has 1 heterocycles. The molecular weight excluding hydrogens is 190 g/mol. The number of fused-ring (bicyclic) bond motifs is 1. The smallest absolute Gasteiger partial charge is 0.326 e. The molecule has 0 radical (unpaired) electrons. The van der Waals surface area contributed by atoms with E-state index in [-0.39, 0.29) is 11.7 Å². The summed E-state index contributed by atoms with van der Waals surface area (Å²) >= 11 is 0. The number of aryl methyl sites for hydroxylation is 1. The van der Waals surface area contributed by atoms with Crippen molar-refractivity contribution in [2.45, 2.75) is 19.5 Å². The van der Waals surface area contributed by atoms with E-state index in [9.17, 15) is 4.79 Å². The van der Waals surface area contributed by atoms with Crippen LogP contribution >= 0.6 is 0 Å². The van der Waals surface area contributed by atoms with Gasteiger partial charge < -0.3 is 5.73 Å². The van der Waals surface area contributed by atoms with E-state index in [4.69, 9.17) is 5.73 Å². The Balaban J connectivity index is 2.72. The summed E-state index contributed by atoms with van der Waals surface area (Å²) in [5, 5.41) is 0. The molecular formula is C11H15N3O. The van der Waals surface area contributed by atoms with Crippen LogP contribution in [-0.2, 0) is 13.6 Å². The van der Waals surface area contributed by atoms with Gasteiger partial charge >= 0.3 is 5.69 Å². The minimum atomic E-state index is -0.0199. The first-order chi connectivity index (χ1) is 7.11. The van der Waals surface area contributed by atoms with E-state index in [1.165, 1.54) is 0 Å². The number of nitrogens with two attached hydrogens (primary N) is 1. The molecule has 1 unspecified atom stereocenters. The van der Waals surface area contributed by atoms with Crippen LogP contribution in [0.15, 0.2) is 29.1 Å². The summed E-state index contributed by atoms with van der Waals surface area (Å²) in [7, 11) is 1.78. The topological polar surface area (TPSA) is 52.9 Å². The van der Waals surface area contributed by atoms with Crippen molar-refractivity contribution in [3.05, 3.63) is 34.7 Å². The molecule has 0 saturated heterocycles. The summed E-state index contributed by atoms with van der Waals surface area (Å²) in [5.41, 5.74) is 7.61. The van der Waals surface area contributed by atoms with Crippen molar-refractivity contribution in [3.63, 3.8) is 0 Å². The molecule has 80 valence electrons. The Bertz CT molecular complexity index is 536. The fraction of sp³-hybridized carbons (Fsp3) is 0.364. The van der Waals surface area contributed by atoms with Crippen molar-refractivity contribution in [2.24, 2.45) is 12.8 Å². The van der Waals surface area contributed by atoms with Gasteiger partial charge in [0.2, 0.25) is 0 Å². The van der Waals surface area contributed by atoms with E-state index in [1.807, 2.05) is 31.2 Å². The average Bonchev–Trinajstić information content (AvgIpc) is 2.44. The van der Waals surface area contributed by atoms with Crippen LogP contribution in [0.1, 0.15) is 6.92 Å². The average molecular weight is 205 g/mol. The molecule has 2 aromatic rings. The van der Waals surface area contributed by atoms with Crippen LogP contribution in [0.4, 0.5) is 0 Å². The van der Waals surface area contributed by atoms with E-state index in [2.05, 4.69) is 0 Å². The number of para-hydroxylation sites is 2. The Morgan fingerprint density at radius 3 is 2.53 bits per heavy atom. The second-order valence-electron chi connectivity index (χ2n) is 3.92. The molecule has 0 saturated carbocycles. The molecule has 1 aromatic heterocycles. The number of hydrogen-bond donors (Lipinski definition) is 1. The maximum atomic E-state index is 11.9. The predicted molar refractivity (Wildman–Crippen MR) is 60.8 cm³/mol. The Morgan fingerprint density at radius 2 is 1.93 bits per heavy atom. The summed E-state index contributed by atoms with van der Waals surface area (Å²) in [4.78, 5) is 11.9. The Hall–Kier alpha value is -1.55. The van der Waals surface area contributed by atoms with Gasteiger partial charge in [-0.05, 0) is 19.1 Å². The van der Waals surface area contributed by atoms with Crippen LogP contribution in [0, 0.1) is 0 Å². The van der Waals surface area contributed by atoms with Gasteiger partial charge in [-0.15, -0.1) is 0 Å². The number of rotatable bonds is 2. The van der Waals surface area contributed by atoms with Crippen LogP contribution in [0.3, 0.4) is 0 Å². The molecule has 2 rings (SSSR count). The summed E-state index contributed by atoms with van der Waals surface area (Å²) in [5.74, 6) is 0. The van der Waals surface area contributed by atoms with Gasteiger partial charge in [0, 0.05) is 19.6 Å². The Morgan fingerprint density at radius 1 is 1.33 bits per heavy atom. The molecule has 15 heavy (non-hydrogen) atoms. The fourth-order valence-corrected chi connectivity index (χ4v) is 1.83. The van der Waals surface area contributed by atoms with Crippen molar-refractivity contribution in [2.75, 3.05) is 0 Å². The third kappa shape index (κ3) is 1.57. The first kappa shape index (κ1) is 9.98. The van der Waals surface area contributed by atoms with Gasteiger partial charge in [-0.3, -0.25) is 9.13 Å². The zero-order chi connectivity index (χ0) is 11.0. The number of imidazole rings is 1. The minimum Gasteiger partial charge on any atom is -0.326 e. The second kappa shape index (κ2) is 3.55. The molecule has 0 amide bonds. The SMILES string of the molecule is CC(N)Cn1c(=O)n(C)c2ccccc21. The maximum absolute atomic E-state index is 11.9. The second-order valence-corrected chi connectivity index (χ2v) is 3.92. The molecule has 4 nitrogen and oxygen atoms in total. The molecule has 1 aromatic carbocycles. The lowest BCUT2D eigenvalue weighted by atomic mass is 10.3. The van der Waals surface area contributed by atoms with E-state index >= 15 is 0 Å². The lowest BCUT2D eigenvalue weighted by Crippen LogP contribution is -2.30. The van der Waals surface area contributed by atoms with Crippen LogP contribution in [-0.4, -0.2) is 15.2 Å². The number of nitrogens with zero attached hydrogens (tertiary/aromatic N) is 2. The van der Waals surface area contributed by atoms with E-state index < -0.39 is 0 Å². The third-order valence-electron chi connectivity index (χ3n) is 2.52. The standard InChI is InChI=1S/C11H15N3O/c1-8(12)7-14-10-6-4-3-5-9(10)13(2)11(14)15/h3-6,8H,7,12H2,1-2H3. The van der Waals surface area contributed by atoms with Gasteiger partial charge in [-0.1, -0.05) is 12.1 Å². The first-order valence-electron chi connectivity index (χ1n) is 5.01.